The second kappa shape index (κ2) is 30.0. The van der Waals surface area contributed by atoms with E-state index in [-0.39, 0.29) is 79.4 Å². The molecule has 0 bridgehead atoms. The van der Waals surface area contributed by atoms with E-state index in [0.29, 0.717) is 45.7 Å². The van der Waals surface area contributed by atoms with Crippen molar-refractivity contribution in [3.8, 4) is 0 Å². The summed E-state index contributed by atoms with van der Waals surface area (Å²) in [5.41, 5.74) is 10.3. The minimum absolute atomic E-state index is 0. The van der Waals surface area contributed by atoms with Crippen LogP contribution in [0.4, 0.5) is 9.59 Å². The van der Waals surface area contributed by atoms with Crippen molar-refractivity contribution in [2.24, 2.45) is 17.6 Å². The van der Waals surface area contributed by atoms with Crippen molar-refractivity contribution in [2.75, 3.05) is 46.3 Å². The van der Waals surface area contributed by atoms with E-state index in [0.717, 1.165) is 54.4 Å². The van der Waals surface area contributed by atoms with Gasteiger partial charge in [-0.15, -0.1) is 12.4 Å². The lowest BCUT2D eigenvalue weighted by molar-refractivity contribution is -0.139. The van der Waals surface area contributed by atoms with Crippen molar-refractivity contribution in [1.82, 2.24) is 30.2 Å². The molecule has 4 aromatic rings. The third kappa shape index (κ3) is 18.3. The number of amides is 5. The fourth-order valence-corrected chi connectivity index (χ4v) is 8.67. The molecule has 2 aliphatic rings. The molecule has 4 N–H and O–H groups in total. The number of likely N-dealkylation sites (tertiary alicyclic amines) is 2. The van der Waals surface area contributed by atoms with Crippen LogP contribution in [0.5, 0.6) is 0 Å². The highest BCUT2D eigenvalue weighted by atomic mass is 35.5. The van der Waals surface area contributed by atoms with Gasteiger partial charge in [0.1, 0.15) is 19.3 Å². The number of nitrogens with zero attached hydrogens (tertiary/aromatic N) is 4. The maximum Gasteiger partial charge on any atom is 0.410 e. The molecule has 15 heteroatoms. The molecular weight excluding hydrogens is 918 g/mol. The average molecular weight is 997 g/mol. The highest BCUT2D eigenvalue weighted by Gasteiger charge is 2.38. The van der Waals surface area contributed by atoms with E-state index in [1.54, 1.807) is 23.8 Å². The largest absolute Gasteiger partial charge is 0.445 e. The van der Waals surface area contributed by atoms with Crippen molar-refractivity contribution in [1.29, 1.82) is 0 Å². The summed E-state index contributed by atoms with van der Waals surface area (Å²) in [6.45, 7) is 13.1. The number of ether oxygens (including phenoxy) is 2. The molecule has 6 rings (SSSR count). The van der Waals surface area contributed by atoms with Gasteiger partial charge < -0.3 is 45.4 Å². The number of rotatable bonds is 21. The molecule has 0 unspecified atom stereocenters. The smallest absolute Gasteiger partial charge is 0.410 e. The van der Waals surface area contributed by atoms with Crippen LogP contribution >= 0.6 is 12.4 Å². The van der Waals surface area contributed by atoms with Crippen LogP contribution in [0.2, 0.25) is 0 Å². The normalized spacial score (nSPS) is 16.5. The second-order valence-corrected chi connectivity index (χ2v) is 19.1. The van der Waals surface area contributed by atoms with Crippen molar-refractivity contribution >= 4 is 42.3 Å². The van der Waals surface area contributed by atoms with Crippen molar-refractivity contribution < 1.29 is 33.4 Å². The zero-order chi connectivity index (χ0) is 50.4. The van der Waals surface area contributed by atoms with Crippen LogP contribution in [0.25, 0.3) is 0 Å². The maximum atomic E-state index is 13.6. The summed E-state index contributed by atoms with van der Waals surface area (Å²) in [4.78, 5) is 72.5. The van der Waals surface area contributed by atoms with Gasteiger partial charge in [-0.05, 0) is 86.6 Å². The molecule has 2 saturated heterocycles. The summed E-state index contributed by atoms with van der Waals surface area (Å²) in [5.74, 6) is -0.317. The number of hydrogen-bond donors (Lipinski definition) is 3. The van der Waals surface area contributed by atoms with Gasteiger partial charge >= 0.3 is 12.2 Å². The first-order valence-electron chi connectivity index (χ1n) is 25.1. The summed E-state index contributed by atoms with van der Waals surface area (Å²) in [6, 6.07) is 37.7. The Morgan fingerprint density at radius 3 is 1.34 bits per heavy atom. The first kappa shape index (κ1) is 57.6. The molecular formula is C56H78ClN7O7. The Morgan fingerprint density at radius 2 is 0.972 bits per heavy atom. The number of nitrogens with one attached hydrogen (secondary N) is 2. The Labute approximate surface area is 428 Å². The highest BCUT2D eigenvalue weighted by molar-refractivity contribution is 5.90. The summed E-state index contributed by atoms with van der Waals surface area (Å²) >= 11 is 0. The van der Waals surface area contributed by atoms with Gasteiger partial charge in [0.15, 0.2) is 0 Å². The van der Waals surface area contributed by atoms with E-state index in [9.17, 15) is 24.0 Å². The van der Waals surface area contributed by atoms with Gasteiger partial charge in [0.2, 0.25) is 17.7 Å². The Hall–Kier alpha value is -5.96. The van der Waals surface area contributed by atoms with E-state index in [1.807, 2.05) is 147 Å². The standard InChI is InChI=1S/C30H42N4O4.C26H35N3O3.ClH/c1-22(2)27(32-28(35)23(3)31-4)29(36)34-18-11-16-26(34)20-33(19-17-24-12-7-5-8-13-24)30(37)38-21-25-14-9-6-10-15-25;1-20(2)24(27)25(30)29-16-9-14-23(29)18-28(17-15-21-10-5-3-6-11-21)26(31)32-19-22-12-7-4-8-13-22;/h5-10,12-15,22-23,26-27,31H,11,16-21H2,1-4H3,(H,32,35);3-8,10-13,20,23-24H,9,14-19,27H2,1-2H3;1H/t23-,26-,27-;23-,24-;/m00./s1. The molecule has 71 heavy (non-hydrogen) atoms. The SMILES string of the molecule is CC(C)[C@H](N)C(=O)N1CCC[C@H]1CN(CCc1ccccc1)C(=O)OCc1ccccc1.CN[C@@H](C)C(=O)N[C@H](C(=O)N1CCC[C@H]1CN(CCc1ccccc1)C(=O)OCc1ccccc1)C(C)C.Cl. The topological polar surface area (TPSA) is 167 Å². The summed E-state index contributed by atoms with van der Waals surface area (Å²) < 4.78 is 11.3. The van der Waals surface area contributed by atoms with E-state index < -0.39 is 18.1 Å². The quantitative estimate of drug-likeness (QED) is 0.0753. The first-order chi connectivity index (χ1) is 33.7. The van der Waals surface area contributed by atoms with Gasteiger partial charge in [0, 0.05) is 51.4 Å². The molecule has 4 aromatic carbocycles. The number of halogens is 1. The van der Waals surface area contributed by atoms with E-state index >= 15 is 0 Å². The molecule has 5 amide bonds. The van der Waals surface area contributed by atoms with Crippen LogP contribution in [0.15, 0.2) is 121 Å². The lowest BCUT2D eigenvalue weighted by Gasteiger charge is -2.34. The van der Waals surface area contributed by atoms with E-state index in [1.165, 1.54) is 0 Å². The average Bonchev–Trinajstić information content (AvgIpc) is 4.06. The number of hydrogen-bond acceptors (Lipinski definition) is 9. The second-order valence-electron chi connectivity index (χ2n) is 19.1. The van der Waals surface area contributed by atoms with Crippen LogP contribution in [0.1, 0.15) is 82.6 Å². The van der Waals surface area contributed by atoms with Gasteiger partial charge in [-0.25, -0.2) is 9.59 Å². The monoisotopic (exact) mass is 996 g/mol. The number of carbonyl (C=O) groups is 5. The van der Waals surface area contributed by atoms with Crippen molar-refractivity contribution in [2.45, 2.75) is 117 Å². The lowest BCUT2D eigenvalue weighted by Crippen LogP contribution is -2.56. The zero-order valence-corrected chi connectivity index (χ0v) is 43.4. The van der Waals surface area contributed by atoms with Gasteiger partial charge in [-0.3, -0.25) is 14.4 Å². The Kier molecular flexibility index (Phi) is 24.4. The van der Waals surface area contributed by atoms with Crippen LogP contribution in [0.3, 0.4) is 0 Å². The van der Waals surface area contributed by atoms with Crippen LogP contribution in [-0.4, -0.2) is 126 Å². The molecule has 0 spiro atoms. The van der Waals surface area contributed by atoms with E-state index in [2.05, 4.69) is 22.8 Å². The predicted octanol–water partition coefficient (Wildman–Crippen LogP) is 7.87. The fourth-order valence-electron chi connectivity index (χ4n) is 8.67. The number of carbonyl (C=O) groups excluding carboxylic acids is 5. The highest BCUT2D eigenvalue weighted by Crippen LogP contribution is 2.24. The lowest BCUT2D eigenvalue weighted by atomic mass is 10.0. The first-order valence-corrected chi connectivity index (χ1v) is 25.1. The van der Waals surface area contributed by atoms with E-state index in [4.69, 9.17) is 15.2 Å². The molecule has 0 radical (unpaired) electrons. The number of nitrogens with two attached hydrogens (primary N) is 1. The molecule has 14 nitrogen and oxygen atoms in total. The third-order valence-electron chi connectivity index (χ3n) is 13.2. The Morgan fingerprint density at radius 1 is 0.592 bits per heavy atom. The van der Waals surface area contributed by atoms with Crippen LogP contribution in [-0.2, 0) is 49.9 Å². The molecule has 2 heterocycles. The molecule has 0 saturated carbocycles. The van der Waals surface area contributed by atoms with Gasteiger partial charge in [0.25, 0.3) is 0 Å². The molecule has 0 aromatic heterocycles. The Balaban J connectivity index is 0.000000308. The minimum atomic E-state index is -0.623. The molecule has 386 valence electrons. The zero-order valence-electron chi connectivity index (χ0n) is 42.6. The maximum absolute atomic E-state index is 13.6. The number of benzene rings is 4. The summed E-state index contributed by atoms with van der Waals surface area (Å²) in [5, 5.41) is 5.85. The van der Waals surface area contributed by atoms with Gasteiger partial charge in [-0.1, -0.05) is 149 Å². The van der Waals surface area contributed by atoms with Gasteiger partial charge in [0.05, 0.1) is 12.1 Å². The van der Waals surface area contributed by atoms with Gasteiger partial charge in [-0.2, -0.15) is 0 Å². The number of likely N-dealkylation sites (N-methyl/N-ethyl adjacent to an activating group) is 1. The van der Waals surface area contributed by atoms with Crippen LogP contribution < -0.4 is 16.4 Å². The minimum Gasteiger partial charge on any atom is -0.445 e. The molecule has 2 fully saturated rings. The Bertz CT molecular complexity index is 2210. The molecule has 2 aliphatic heterocycles. The predicted molar refractivity (Wildman–Crippen MR) is 282 cm³/mol. The van der Waals surface area contributed by atoms with Crippen LogP contribution in [0, 0.1) is 11.8 Å². The molecule has 0 aliphatic carbocycles. The van der Waals surface area contributed by atoms with Crippen molar-refractivity contribution in [3.05, 3.63) is 144 Å². The van der Waals surface area contributed by atoms with Crippen molar-refractivity contribution in [3.63, 3.8) is 0 Å². The molecule has 5 atom stereocenters. The summed E-state index contributed by atoms with van der Waals surface area (Å²) in [7, 11) is 1.72. The fraction of sp³-hybridized carbons (Fsp3) is 0.482. The third-order valence-corrected chi connectivity index (χ3v) is 13.2. The summed E-state index contributed by atoms with van der Waals surface area (Å²) in [6.07, 6.45) is 4.12.